The first-order valence-corrected chi connectivity index (χ1v) is 10.9. The number of hydrogen-bond acceptors (Lipinski definition) is 1. The first-order chi connectivity index (χ1) is 12.5. The number of carbonyl (C=O) groups excluding carboxylic acids is 1. The third-order valence-corrected chi connectivity index (χ3v) is 7.58. The highest BCUT2D eigenvalue weighted by molar-refractivity contribution is 9.10. The number of amides is 1. The molecule has 0 unspecified atom stereocenters. The summed E-state index contributed by atoms with van der Waals surface area (Å²) >= 11 is 3.67. The Morgan fingerprint density at radius 2 is 1.96 bits per heavy atom. The number of fused-ring (bicyclic) bond motifs is 4. The fraction of sp³-hybridized carbons (Fsp3) is 0.591. The standard InChI is InChI=1S/C22H29BrN2O/c1-2-3-13-25-17-6-4-5-16(23)19(17)20(21(24)26)18(25)14-22-10-7-15(8-11-22)9-12-22/h4-6,15H,2-3,7-14H2,1H3,(H2,24,26). The van der Waals surface area contributed by atoms with E-state index in [2.05, 4.69) is 39.6 Å². The fourth-order valence-electron chi connectivity index (χ4n) is 5.39. The quantitative estimate of drug-likeness (QED) is 0.633. The van der Waals surface area contributed by atoms with E-state index in [0.717, 1.165) is 52.7 Å². The molecule has 1 aromatic carbocycles. The van der Waals surface area contributed by atoms with Gasteiger partial charge in [-0.15, -0.1) is 0 Å². The molecule has 3 aliphatic rings. The summed E-state index contributed by atoms with van der Waals surface area (Å²) in [6, 6.07) is 6.22. The van der Waals surface area contributed by atoms with Crippen molar-refractivity contribution in [3.05, 3.63) is 33.9 Å². The highest BCUT2D eigenvalue weighted by Gasteiger charge is 2.41. The lowest BCUT2D eigenvalue weighted by Crippen LogP contribution is -2.36. The summed E-state index contributed by atoms with van der Waals surface area (Å²) in [5, 5.41) is 1.01. The summed E-state index contributed by atoms with van der Waals surface area (Å²) in [7, 11) is 0. The molecule has 1 amide bonds. The molecule has 0 radical (unpaired) electrons. The summed E-state index contributed by atoms with van der Waals surface area (Å²) < 4.78 is 3.38. The normalized spacial score (nSPS) is 25.1. The number of nitrogens with zero attached hydrogens (tertiary/aromatic N) is 1. The predicted molar refractivity (Wildman–Crippen MR) is 110 cm³/mol. The highest BCUT2D eigenvalue weighted by atomic mass is 79.9. The minimum Gasteiger partial charge on any atom is -0.366 e. The van der Waals surface area contributed by atoms with Gasteiger partial charge in [-0.05, 0) is 74.8 Å². The Bertz CT molecular complexity index is 816. The molecule has 3 saturated carbocycles. The number of aromatic nitrogens is 1. The van der Waals surface area contributed by atoms with Gasteiger partial charge in [0.25, 0.3) is 5.91 Å². The van der Waals surface area contributed by atoms with Gasteiger partial charge in [0.15, 0.2) is 0 Å². The molecule has 3 nitrogen and oxygen atoms in total. The number of primary amides is 1. The topological polar surface area (TPSA) is 48.0 Å². The van der Waals surface area contributed by atoms with Crippen molar-refractivity contribution in [1.82, 2.24) is 4.57 Å². The summed E-state index contributed by atoms with van der Waals surface area (Å²) in [5.74, 6) is 0.667. The van der Waals surface area contributed by atoms with Crippen LogP contribution < -0.4 is 5.73 Å². The maximum Gasteiger partial charge on any atom is 0.251 e. The van der Waals surface area contributed by atoms with Crippen molar-refractivity contribution < 1.29 is 4.79 Å². The molecule has 5 rings (SSSR count). The molecule has 0 aliphatic heterocycles. The molecule has 0 atom stereocenters. The first kappa shape index (κ1) is 18.1. The third kappa shape index (κ3) is 3.00. The lowest BCUT2D eigenvalue weighted by molar-refractivity contribution is 0.0633. The van der Waals surface area contributed by atoms with E-state index in [-0.39, 0.29) is 5.91 Å². The van der Waals surface area contributed by atoms with Crippen LogP contribution in [0.5, 0.6) is 0 Å². The highest BCUT2D eigenvalue weighted by Crippen LogP contribution is 2.52. The van der Waals surface area contributed by atoms with Crippen LogP contribution in [0, 0.1) is 11.3 Å². The molecule has 0 spiro atoms. The lowest BCUT2D eigenvalue weighted by Gasteiger charge is -2.47. The SMILES string of the molecule is CCCCn1c(CC23CCC(CC2)CC3)c(C(N)=O)c2c(Br)cccc21. The molecule has 3 fully saturated rings. The van der Waals surface area contributed by atoms with Gasteiger partial charge in [-0.3, -0.25) is 4.79 Å². The van der Waals surface area contributed by atoms with Crippen molar-refractivity contribution in [2.24, 2.45) is 17.1 Å². The average molecular weight is 417 g/mol. The van der Waals surface area contributed by atoms with Crippen LogP contribution in [0.4, 0.5) is 0 Å². The largest absolute Gasteiger partial charge is 0.366 e. The first-order valence-electron chi connectivity index (χ1n) is 10.1. The summed E-state index contributed by atoms with van der Waals surface area (Å²) in [5.41, 5.74) is 9.39. The van der Waals surface area contributed by atoms with Gasteiger partial charge in [0, 0.05) is 22.1 Å². The molecular weight excluding hydrogens is 388 g/mol. The van der Waals surface area contributed by atoms with Crippen LogP contribution in [0.2, 0.25) is 0 Å². The number of rotatable bonds is 6. The molecule has 1 aromatic heterocycles. The Labute approximate surface area is 164 Å². The Morgan fingerprint density at radius 3 is 2.58 bits per heavy atom. The van der Waals surface area contributed by atoms with Gasteiger partial charge in [0.05, 0.1) is 11.1 Å². The Balaban J connectivity index is 1.86. The summed E-state index contributed by atoms with van der Waals surface area (Å²) in [6.45, 7) is 3.18. The van der Waals surface area contributed by atoms with Gasteiger partial charge in [0.2, 0.25) is 0 Å². The van der Waals surface area contributed by atoms with Crippen molar-refractivity contribution in [1.29, 1.82) is 0 Å². The molecule has 0 saturated heterocycles. The van der Waals surface area contributed by atoms with E-state index in [9.17, 15) is 4.79 Å². The number of nitrogens with two attached hydrogens (primary N) is 1. The van der Waals surface area contributed by atoms with Gasteiger partial charge < -0.3 is 10.3 Å². The maximum absolute atomic E-state index is 12.5. The predicted octanol–water partition coefficient (Wildman–Crippen LogP) is 5.82. The van der Waals surface area contributed by atoms with Crippen LogP contribution in [0.25, 0.3) is 10.9 Å². The Kier molecular flexibility index (Phi) is 4.89. The Morgan fingerprint density at radius 1 is 1.27 bits per heavy atom. The van der Waals surface area contributed by atoms with Crippen LogP contribution in [-0.4, -0.2) is 10.5 Å². The zero-order valence-corrected chi connectivity index (χ0v) is 17.3. The molecule has 2 aromatic rings. The molecule has 140 valence electrons. The second kappa shape index (κ2) is 7.03. The van der Waals surface area contributed by atoms with Crippen molar-refractivity contribution in [2.75, 3.05) is 0 Å². The van der Waals surface area contributed by atoms with Crippen LogP contribution in [0.15, 0.2) is 22.7 Å². The van der Waals surface area contributed by atoms with Gasteiger partial charge >= 0.3 is 0 Å². The Hall–Kier alpha value is -1.29. The van der Waals surface area contributed by atoms with E-state index in [0.29, 0.717) is 5.41 Å². The van der Waals surface area contributed by atoms with Crippen molar-refractivity contribution >= 4 is 32.7 Å². The molecular formula is C22H29BrN2O. The number of benzene rings is 1. The van der Waals surface area contributed by atoms with E-state index in [1.807, 2.05) is 6.07 Å². The van der Waals surface area contributed by atoms with Crippen molar-refractivity contribution in [3.8, 4) is 0 Å². The molecule has 2 bridgehead atoms. The van der Waals surface area contributed by atoms with Gasteiger partial charge in [-0.25, -0.2) is 0 Å². The number of halogens is 1. The number of aryl methyl sites for hydroxylation is 1. The van der Waals surface area contributed by atoms with Gasteiger partial charge in [-0.2, -0.15) is 0 Å². The lowest BCUT2D eigenvalue weighted by atomic mass is 9.59. The number of unbranched alkanes of at least 4 members (excludes halogenated alkanes) is 1. The molecule has 2 N–H and O–H groups in total. The second-order valence-electron chi connectivity index (χ2n) is 8.48. The van der Waals surface area contributed by atoms with Crippen LogP contribution >= 0.6 is 15.9 Å². The van der Waals surface area contributed by atoms with Crippen molar-refractivity contribution in [2.45, 2.75) is 71.3 Å². The number of hydrogen-bond donors (Lipinski definition) is 1. The zero-order valence-electron chi connectivity index (χ0n) is 15.7. The van der Waals surface area contributed by atoms with Crippen LogP contribution in [0.1, 0.15) is 74.3 Å². The summed E-state index contributed by atoms with van der Waals surface area (Å²) in [6.07, 6.45) is 11.3. The zero-order chi connectivity index (χ0) is 18.3. The molecule has 3 aliphatic carbocycles. The molecule has 26 heavy (non-hydrogen) atoms. The van der Waals surface area contributed by atoms with E-state index < -0.39 is 0 Å². The van der Waals surface area contributed by atoms with Gasteiger partial charge in [0.1, 0.15) is 0 Å². The minimum absolute atomic E-state index is 0.284. The fourth-order valence-corrected chi connectivity index (χ4v) is 5.94. The maximum atomic E-state index is 12.5. The molecule has 4 heteroatoms. The van der Waals surface area contributed by atoms with Gasteiger partial charge in [-0.1, -0.05) is 35.3 Å². The van der Waals surface area contributed by atoms with E-state index in [1.165, 1.54) is 44.2 Å². The third-order valence-electron chi connectivity index (χ3n) is 6.92. The smallest absolute Gasteiger partial charge is 0.251 e. The van der Waals surface area contributed by atoms with Crippen LogP contribution in [0.3, 0.4) is 0 Å². The van der Waals surface area contributed by atoms with Crippen molar-refractivity contribution in [3.63, 3.8) is 0 Å². The van der Waals surface area contributed by atoms with E-state index >= 15 is 0 Å². The number of carbonyl (C=O) groups is 1. The molecule has 1 heterocycles. The summed E-state index contributed by atoms with van der Waals surface area (Å²) in [4.78, 5) is 12.5. The van der Waals surface area contributed by atoms with E-state index in [1.54, 1.807) is 0 Å². The monoisotopic (exact) mass is 416 g/mol. The average Bonchev–Trinajstić information content (AvgIpc) is 2.95. The van der Waals surface area contributed by atoms with Crippen LogP contribution in [-0.2, 0) is 13.0 Å². The second-order valence-corrected chi connectivity index (χ2v) is 9.34. The van der Waals surface area contributed by atoms with E-state index in [4.69, 9.17) is 5.73 Å². The minimum atomic E-state index is -0.284.